The number of benzene rings is 1. The quantitative estimate of drug-likeness (QED) is 0.900. The molecule has 0 spiro atoms. The number of hydrogen-bond acceptors (Lipinski definition) is 3. The van der Waals surface area contributed by atoms with E-state index in [0.29, 0.717) is 22.8 Å². The molecule has 2 rings (SSSR count). The summed E-state index contributed by atoms with van der Waals surface area (Å²) < 4.78 is 38.2. The summed E-state index contributed by atoms with van der Waals surface area (Å²) in [5.41, 5.74) is 3.20. The van der Waals surface area contributed by atoms with Crippen molar-refractivity contribution in [2.75, 3.05) is 6.54 Å². The first kappa shape index (κ1) is 16.0. The van der Waals surface area contributed by atoms with Gasteiger partial charge in [0.2, 0.25) is 0 Å². The number of nitrogens with one attached hydrogen (secondary N) is 1. The normalized spacial score (nSPS) is 13.4. The first-order valence-electron chi connectivity index (χ1n) is 6.67. The Morgan fingerprint density at radius 3 is 2.57 bits per heavy atom. The van der Waals surface area contributed by atoms with Crippen molar-refractivity contribution in [3.8, 4) is 0 Å². The highest BCUT2D eigenvalue weighted by Gasteiger charge is 2.35. The summed E-state index contributed by atoms with van der Waals surface area (Å²) in [6.07, 6.45) is -3.07. The Hall–Kier alpha value is -1.40. The second-order valence-electron chi connectivity index (χ2n) is 4.85. The van der Waals surface area contributed by atoms with Crippen LogP contribution in [-0.4, -0.2) is 11.5 Å². The maximum absolute atomic E-state index is 12.7. The molecule has 6 heteroatoms. The number of rotatable bonds is 4. The van der Waals surface area contributed by atoms with Crippen LogP contribution in [0.15, 0.2) is 24.4 Å². The number of thiazole rings is 1. The number of nitrogens with zero attached hydrogens (tertiary/aromatic N) is 1. The molecule has 0 amide bonds. The van der Waals surface area contributed by atoms with Crippen LogP contribution in [0.25, 0.3) is 0 Å². The lowest BCUT2D eigenvalue weighted by Crippen LogP contribution is -2.22. The van der Waals surface area contributed by atoms with Gasteiger partial charge in [0.25, 0.3) is 0 Å². The topological polar surface area (TPSA) is 24.9 Å². The fourth-order valence-corrected chi connectivity index (χ4v) is 3.08. The molecule has 1 atom stereocenters. The molecule has 2 nitrogen and oxygen atoms in total. The molecule has 0 saturated carbocycles. The van der Waals surface area contributed by atoms with Crippen LogP contribution in [0.3, 0.4) is 0 Å². The lowest BCUT2D eigenvalue weighted by Gasteiger charge is -2.20. The zero-order valence-electron chi connectivity index (χ0n) is 12.1. The molecule has 0 radical (unpaired) electrons. The van der Waals surface area contributed by atoms with Gasteiger partial charge >= 0.3 is 6.18 Å². The van der Waals surface area contributed by atoms with E-state index in [1.54, 1.807) is 0 Å². The van der Waals surface area contributed by atoms with Crippen LogP contribution >= 0.6 is 11.3 Å². The molecule has 21 heavy (non-hydrogen) atoms. The third-order valence-corrected chi connectivity index (χ3v) is 4.52. The molecule has 1 N–H and O–H groups in total. The first-order valence-corrected chi connectivity index (χ1v) is 7.48. The zero-order valence-corrected chi connectivity index (χ0v) is 12.9. The van der Waals surface area contributed by atoms with Gasteiger partial charge in [-0.1, -0.05) is 25.1 Å². The Kier molecular flexibility index (Phi) is 4.68. The highest BCUT2D eigenvalue weighted by molar-refractivity contribution is 7.11. The van der Waals surface area contributed by atoms with Gasteiger partial charge in [0.05, 0.1) is 6.04 Å². The molecular formula is C15H17F3N2S. The number of hydrogen-bond donors (Lipinski definition) is 1. The molecule has 1 unspecified atom stereocenters. The molecule has 1 heterocycles. The largest absolute Gasteiger partial charge is 0.443 e. The van der Waals surface area contributed by atoms with E-state index in [2.05, 4.69) is 10.3 Å². The highest BCUT2D eigenvalue weighted by atomic mass is 32.1. The summed E-state index contributed by atoms with van der Waals surface area (Å²) in [5.74, 6) is 0. The van der Waals surface area contributed by atoms with Crippen LogP contribution in [0, 0.1) is 13.8 Å². The third kappa shape index (κ3) is 3.44. The Bertz CT molecular complexity index is 620. The number of aromatic nitrogens is 1. The molecule has 1 aromatic carbocycles. The lowest BCUT2D eigenvalue weighted by molar-refractivity contribution is -0.137. The fraction of sp³-hybridized carbons (Fsp3) is 0.400. The average molecular weight is 314 g/mol. The van der Waals surface area contributed by atoms with E-state index in [-0.39, 0.29) is 6.04 Å². The van der Waals surface area contributed by atoms with Crippen molar-refractivity contribution in [3.63, 3.8) is 0 Å². The average Bonchev–Trinajstić information content (AvgIpc) is 2.89. The van der Waals surface area contributed by atoms with E-state index in [1.165, 1.54) is 6.20 Å². The molecule has 0 bridgehead atoms. The van der Waals surface area contributed by atoms with E-state index in [4.69, 9.17) is 0 Å². The predicted molar refractivity (Wildman–Crippen MR) is 78.6 cm³/mol. The van der Waals surface area contributed by atoms with Crippen molar-refractivity contribution in [2.45, 2.75) is 33.0 Å². The Balaban J connectivity index is 2.44. The zero-order chi connectivity index (χ0) is 15.6. The molecule has 0 aliphatic heterocycles. The summed E-state index contributed by atoms with van der Waals surface area (Å²) >= 11 is 0.699. The maximum atomic E-state index is 12.7. The Labute approximate surface area is 126 Å². The SMILES string of the molecule is CCNC(c1cnc(C(F)(F)F)s1)c1cccc(C)c1C. The minimum atomic E-state index is -4.39. The predicted octanol–water partition coefficient (Wildman–Crippen LogP) is 4.48. The van der Waals surface area contributed by atoms with Gasteiger partial charge < -0.3 is 5.32 Å². The van der Waals surface area contributed by atoms with E-state index >= 15 is 0 Å². The van der Waals surface area contributed by atoms with Crippen molar-refractivity contribution >= 4 is 11.3 Å². The van der Waals surface area contributed by atoms with Crippen LogP contribution in [0.1, 0.15) is 39.5 Å². The summed E-state index contributed by atoms with van der Waals surface area (Å²) in [6.45, 7) is 6.58. The van der Waals surface area contributed by atoms with Crippen LogP contribution in [0.4, 0.5) is 13.2 Å². The molecule has 0 saturated heterocycles. The van der Waals surface area contributed by atoms with Crippen LogP contribution in [0.2, 0.25) is 0 Å². The standard InChI is InChI=1S/C15H17F3N2S/c1-4-19-13(11-7-5-6-9(2)10(11)3)12-8-20-14(21-12)15(16,17)18/h5-8,13,19H,4H2,1-3H3. The molecule has 0 aliphatic rings. The van der Waals surface area contributed by atoms with Crippen LogP contribution in [-0.2, 0) is 6.18 Å². The van der Waals surface area contributed by atoms with E-state index < -0.39 is 11.2 Å². The summed E-state index contributed by atoms with van der Waals surface area (Å²) in [6, 6.07) is 5.61. The van der Waals surface area contributed by atoms with Gasteiger partial charge in [-0.05, 0) is 37.1 Å². The number of alkyl halides is 3. The first-order chi connectivity index (χ1) is 9.84. The Morgan fingerprint density at radius 2 is 2.00 bits per heavy atom. The van der Waals surface area contributed by atoms with Crippen molar-refractivity contribution in [2.24, 2.45) is 0 Å². The van der Waals surface area contributed by atoms with Gasteiger partial charge in [-0.15, -0.1) is 11.3 Å². The molecule has 0 fully saturated rings. The summed E-state index contributed by atoms with van der Waals surface area (Å²) in [4.78, 5) is 4.10. The van der Waals surface area contributed by atoms with Crippen LogP contribution < -0.4 is 5.32 Å². The van der Waals surface area contributed by atoms with Gasteiger partial charge in [-0.2, -0.15) is 13.2 Å². The lowest BCUT2D eigenvalue weighted by atomic mass is 9.97. The van der Waals surface area contributed by atoms with Gasteiger partial charge in [0.1, 0.15) is 0 Å². The molecule has 114 valence electrons. The third-order valence-electron chi connectivity index (χ3n) is 3.42. The molecule has 0 aliphatic carbocycles. The van der Waals surface area contributed by atoms with Gasteiger partial charge in [-0.25, -0.2) is 4.98 Å². The minimum Gasteiger partial charge on any atom is -0.306 e. The molecule has 1 aromatic heterocycles. The second-order valence-corrected chi connectivity index (χ2v) is 5.91. The number of aryl methyl sites for hydroxylation is 1. The smallest absolute Gasteiger partial charge is 0.306 e. The van der Waals surface area contributed by atoms with E-state index in [1.807, 2.05) is 39.0 Å². The second kappa shape index (κ2) is 6.15. The molecular weight excluding hydrogens is 297 g/mol. The van der Waals surface area contributed by atoms with Crippen molar-refractivity contribution < 1.29 is 13.2 Å². The fourth-order valence-electron chi connectivity index (χ4n) is 2.21. The van der Waals surface area contributed by atoms with Gasteiger partial charge in [-0.3, -0.25) is 0 Å². The monoisotopic (exact) mass is 314 g/mol. The van der Waals surface area contributed by atoms with Gasteiger partial charge in [0, 0.05) is 11.1 Å². The summed E-state index contributed by atoms with van der Waals surface area (Å²) in [5, 5.41) is 2.45. The molecule has 2 aromatic rings. The van der Waals surface area contributed by atoms with Crippen molar-refractivity contribution in [1.82, 2.24) is 10.3 Å². The maximum Gasteiger partial charge on any atom is 0.443 e. The number of halogens is 3. The van der Waals surface area contributed by atoms with E-state index in [9.17, 15) is 13.2 Å². The van der Waals surface area contributed by atoms with Gasteiger partial charge in [0.15, 0.2) is 5.01 Å². The Morgan fingerprint density at radius 1 is 1.29 bits per heavy atom. The summed E-state index contributed by atoms with van der Waals surface area (Å²) in [7, 11) is 0. The van der Waals surface area contributed by atoms with Crippen molar-refractivity contribution in [1.29, 1.82) is 0 Å². The highest BCUT2D eigenvalue weighted by Crippen LogP contribution is 2.36. The van der Waals surface area contributed by atoms with Crippen molar-refractivity contribution in [3.05, 3.63) is 51.0 Å². The van der Waals surface area contributed by atoms with Crippen LogP contribution in [0.5, 0.6) is 0 Å². The van der Waals surface area contributed by atoms with E-state index in [0.717, 1.165) is 16.7 Å². The minimum absolute atomic E-state index is 0.261.